The number of nitrogens with zero attached hydrogens (tertiary/aromatic N) is 5. The molecule has 0 saturated heterocycles. The Balaban J connectivity index is 4.06. The zero-order chi connectivity index (χ0) is 20.3. The van der Waals surface area contributed by atoms with Crippen molar-refractivity contribution in [2.45, 2.75) is 20.8 Å². The molecular formula is C7H18F6N5O3P5. The first-order chi connectivity index (χ1) is 11.7. The highest BCUT2D eigenvalue weighted by Gasteiger charge is 2.39. The van der Waals surface area contributed by atoms with Crippen molar-refractivity contribution < 1.29 is 38.8 Å². The van der Waals surface area contributed by atoms with Gasteiger partial charge in [-0.3, -0.25) is 0 Å². The van der Waals surface area contributed by atoms with Gasteiger partial charge in [0.2, 0.25) is 7.52 Å². The van der Waals surface area contributed by atoms with Crippen molar-refractivity contribution in [2.24, 2.45) is 22.6 Å². The van der Waals surface area contributed by atoms with E-state index in [2.05, 4.69) is 36.1 Å². The average Bonchev–Trinajstić information content (AvgIpc) is 2.32. The molecule has 1 aliphatic heterocycles. The van der Waals surface area contributed by atoms with Crippen molar-refractivity contribution in [3.8, 4) is 0 Å². The summed E-state index contributed by atoms with van der Waals surface area (Å²) in [5.41, 5.74) is 0. The lowest BCUT2D eigenvalue weighted by Gasteiger charge is -2.20. The van der Waals surface area contributed by atoms with Gasteiger partial charge in [0.15, 0.2) is 0 Å². The van der Waals surface area contributed by atoms with E-state index in [0.29, 0.717) is 6.66 Å². The Labute approximate surface area is 147 Å². The normalized spacial score (nSPS) is 40.2. The van der Waals surface area contributed by atoms with Gasteiger partial charge < -0.3 is 13.6 Å². The molecule has 0 saturated carbocycles. The smallest absolute Gasteiger partial charge is 0.303 e. The van der Waals surface area contributed by atoms with Gasteiger partial charge in [-0.05, 0) is 20.8 Å². The molecule has 4 atom stereocenters. The van der Waals surface area contributed by atoms with Crippen LogP contribution >= 0.6 is 38.6 Å². The van der Waals surface area contributed by atoms with E-state index < -0.39 is 58.4 Å². The molecular weight excluding hydrogens is 471 g/mol. The van der Waals surface area contributed by atoms with Crippen LogP contribution in [0.1, 0.15) is 20.8 Å². The van der Waals surface area contributed by atoms with Crippen LogP contribution in [0, 0.1) is 0 Å². The number of rotatable bonds is 6. The van der Waals surface area contributed by atoms with Crippen LogP contribution in [0.25, 0.3) is 0 Å². The highest BCUT2D eigenvalue weighted by molar-refractivity contribution is 7.79. The number of hydrogen-bond acceptors (Lipinski definition) is 8. The van der Waals surface area contributed by atoms with Crippen LogP contribution in [0.3, 0.4) is 0 Å². The van der Waals surface area contributed by atoms with E-state index in [1.807, 2.05) is 0 Å². The predicted molar refractivity (Wildman–Crippen MR) is 94.2 cm³/mol. The van der Waals surface area contributed by atoms with E-state index in [0.717, 1.165) is 0 Å². The second kappa shape index (κ2) is 8.96. The molecule has 1 rings (SSSR count). The van der Waals surface area contributed by atoms with Crippen molar-refractivity contribution in [3.05, 3.63) is 0 Å². The zero-order valence-corrected chi connectivity index (χ0v) is 18.6. The van der Waals surface area contributed by atoms with Gasteiger partial charge in [0, 0.05) is 6.66 Å². The van der Waals surface area contributed by atoms with Crippen LogP contribution < -0.4 is 0 Å². The maximum atomic E-state index is 14.9. The van der Waals surface area contributed by atoms with Gasteiger partial charge >= 0.3 is 31.1 Å². The molecule has 0 fully saturated rings. The van der Waals surface area contributed by atoms with E-state index >= 15 is 0 Å². The third-order valence-electron chi connectivity index (χ3n) is 2.08. The molecule has 1 heterocycles. The first kappa shape index (κ1) is 24.6. The quantitative estimate of drug-likeness (QED) is 0.275. The summed E-state index contributed by atoms with van der Waals surface area (Å²) in [6, 6.07) is 0. The minimum absolute atomic E-state index is 0.444. The molecule has 156 valence electrons. The second-order valence-electron chi connectivity index (χ2n) is 4.38. The summed E-state index contributed by atoms with van der Waals surface area (Å²) < 4.78 is 114. The molecule has 0 aliphatic carbocycles. The van der Waals surface area contributed by atoms with Gasteiger partial charge in [0.05, 0.1) is 19.8 Å². The summed E-state index contributed by atoms with van der Waals surface area (Å²) in [4.78, 5) is 0. The third kappa shape index (κ3) is 7.56. The molecule has 0 aromatic carbocycles. The summed E-state index contributed by atoms with van der Waals surface area (Å²) in [5.74, 6) is 0. The molecule has 0 radical (unpaired) electrons. The molecule has 4 unspecified atom stereocenters. The van der Waals surface area contributed by atoms with Gasteiger partial charge in [0.25, 0.3) is 0 Å². The topological polar surface area (TPSA) is 89.5 Å². The zero-order valence-electron chi connectivity index (χ0n) is 14.1. The van der Waals surface area contributed by atoms with E-state index in [1.54, 1.807) is 0 Å². The molecule has 8 nitrogen and oxygen atoms in total. The first-order valence-corrected chi connectivity index (χ1v) is 15.0. The maximum Gasteiger partial charge on any atom is 0.423 e. The highest BCUT2D eigenvalue weighted by atomic mass is 31.3. The lowest BCUT2D eigenvalue weighted by atomic mass is 10.9. The summed E-state index contributed by atoms with van der Waals surface area (Å²) in [6.45, 7) is 2.77. The summed E-state index contributed by atoms with van der Waals surface area (Å²) in [7, 11) is -26.7. The second-order valence-corrected chi connectivity index (χ2v) is 14.1. The van der Waals surface area contributed by atoms with E-state index in [-0.39, 0.29) is 0 Å². The average molecular weight is 489 g/mol. The van der Waals surface area contributed by atoms with Crippen LogP contribution in [-0.4, -0.2) is 26.5 Å². The van der Waals surface area contributed by atoms with Crippen molar-refractivity contribution in [3.63, 3.8) is 0 Å². The number of halogens is 6. The fourth-order valence-electron chi connectivity index (χ4n) is 1.54. The Bertz CT molecular complexity index is 791. The first-order valence-electron chi connectivity index (χ1n) is 7.00. The molecule has 26 heavy (non-hydrogen) atoms. The summed E-state index contributed by atoms with van der Waals surface area (Å²) in [6.07, 6.45) is 0. The predicted octanol–water partition coefficient (Wildman–Crippen LogP) is 9.37. The van der Waals surface area contributed by atoms with Crippen LogP contribution in [0.5, 0.6) is 0 Å². The van der Waals surface area contributed by atoms with Crippen LogP contribution in [-0.2, 0) is 13.6 Å². The van der Waals surface area contributed by atoms with Crippen LogP contribution in [0.15, 0.2) is 22.6 Å². The van der Waals surface area contributed by atoms with Gasteiger partial charge in [-0.1, -0.05) is 0 Å². The maximum absolute atomic E-state index is 14.9. The molecule has 0 spiro atoms. The van der Waals surface area contributed by atoms with Gasteiger partial charge in [-0.2, -0.15) is 25.8 Å². The minimum Gasteiger partial charge on any atom is -0.303 e. The van der Waals surface area contributed by atoms with Crippen LogP contribution in [0.2, 0.25) is 0 Å². The van der Waals surface area contributed by atoms with Gasteiger partial charge in [-0.25, -0.2) is 0 Å². The fourth-order valence-corrected chi connectivity index (χ4v) is 12.5. The highest BCUT2D eigenvalue weighted by Crippen LogP contribution is 2.81. The minimum atomic E-state index is -6.04. The molecule has 19 heteroatoms. The third-order valence-corrected chi connectivity index (χ3v) is 13.5. The Hall–Kier alpha value is 0.610. The molecule has 0 N–H and O–H groups in total. The molecule has 0 aromatic heterocycles. The molecule has 0 aromatic rings. The monoisotopic (exact) mass is 489 g/mol. The SMILES string of the molecule is CCOP1(F)=NP(C)(F)=NP(F)(F)=NP(F)(OCC)=NP(F)(OCC)=N1. The van der Waals surface area contributed by atoms with Gasteiger partial charge in [0.1, 0.15) is 0 Å². The van der Waals surface area contributed by atoms with Crippen molar-refractivity contribution >= 4 is 38.6 Å². The lowest BCUT2D eigenvalue weighted by Crippen LogP contribution is -1.89. The Morgan fingerprint density at radius 1 is 0.577 bits per heavy atom. The lowest BCUT2D eigenvalue weighted by molar-refractivity contribution is 0.333. The molecule has 0 bridgehead atoms. The Morgan fingerprint density at radius 2 is 0.923 bits per heavy atom. The van der Waals surface area contributed by atoms with Crippen LogP contribution in [0.4, 0.5) is 25.2 Å². The van der Waals surface area contributed by atoms with E-state index in [4.69, 9.17) is 0 Å². The van der Waals surface area contributed by atoms with Crippen molar-refractivity contribution in [2.75, 3.05) is 26.5 Å². The molecule has 1 aliphatic rings. The fraction of sp³-hybridized carbons (Fsp3) is 1.00. The summed E-state index contributed by atoms with van der Waals surface area (Å²) >= 11 is 0. The Morgan fingerprint density at radius 3 is 1.31 bits per heavy atom. The Kier molecular flexibility index (Phi) is 8.49. The van der Waals surface area contributed by atoms with Crippen molar-refractivity contribution in [1.82, 2.24) is 0 Å². The summed E-state index contributed by atoms with van der Waals surface area (Å²) in [5, 5.41) is 0. The van der Waals surface area contributed by atoms with Crippen molar-refractivity contribution in [1.29, 1.82) is 0 Å². The molecule has 0 amide bonds. The standard InChI is InChI=1S/C7H18F6N5O3P5/c1-5-19-24(11)15-22(4,8)14-23(9,10)16-25(12,20-6-2)18-26(13,17-24)21-7-3/h5-7H2,1-4H3. The number of hydrogen-bond donors (Lipinski definition) is 0. The van der Waals surface area contributed by atoms with E-state index in [9.17, 15) is 25.2 Å². The van der Waals surface area contributed by atoms with E-state index in [1.165, 1.54) is 20.8 Å². The largest absolute Gasteiger partial charge is 0.423 e. The van der Waals surface area contributed by atoms with Gasteiger partial charge in [-0.15, -0.1) is 21.9 Å².